The number of nitrogens with one attached hydrogen (secondary N) is 1. The highest BCUT2D eigenvalue weighted by Crippen LogP contribution is 2.40. The number of hydrogen-bond donors (Lipinski definition) is 1. The normalized spacial score (nSPS) is 19.0. The molecule has 2 aliphatic rings. The fraction of sp³-hybridized carbons (Fsp3) is 0.500. The Bertz CT molecular complexity index is 749. The molecule has 1 saturated carbocycles. The number of aromatic nitrogens is 2. The van der Waals surface area contributed by atoms with E-state index in [1.54, 1.807) is 0 Å². The SMILES string of the molecule is CCNc1cc(N2Cc3ccccc3CC2(C)C)nc(C2CC2)n1. The van der Waals surface area contributed by atoms with Crippen molar-refractivity contribution in [1.29, 1.82) is 0 Å². The Kier molecular flexibility index (Phi) is 3.70. The number of hydrogen-bond acceptors (Lipinski definition) is 4. The predicted octanol–water partition coefficient (Wildman–Crippen LogP) is 4.13. The summed E-state index contributed by atoms with van der Waals surface area (Å²) in [7, 11) is 0. The summed E-state index contributed by atoms with van der Waals surface area (Å²) in [5, 5.41) is 3.38. The molecule has 0 spiro atoms. The van der Waals surface area contributed by atoms with Gasteiger partial charge in [-0.2, -0.15) is 0 Å². The van der Waals surface area contributed by atoms with Crippen LogP contribution in [0.3, 0.4) is 0 Å². The van der Waals surface area contributed by atoms with Crippen LogP contribution >= 0.6 is 0 Å². The van der Waals surface area contributed by atoms with Gasteiger partial charge in [0.2, 0.25) is 0 Å². The second kappa shape index (κ2) is 5.76. The zero-order valence-electron chi connectivity index (χ0n) is 14.8. The molecule has 4 rings (SSSR count). The molecule has 1 N–H and O–H groups in total. The van der Waals surface area contributed by atoms with Crippen LogP contribution in [0.1, 0.15) is 56.5 Å². The van der Waals surface area contributed by atoms with Crippen molar-refractivity contribution in [2.24, 2.45) is 0 Å². The van der Waals surface area contributed by atoms with E-state index < -0.39 is 0 Å². The molecule has 0 atom stereocenters. The van der Waals surface area contributed by atoms with Crippen molar-refractivity contribution in [2.75, 3.05) is 16.8 Å². The van der Waals surface area contributed by atoms with Gasteiger partial charge in [-0.15, -0.1) is 0 Å². The van der Waals surface area contributed by atoms with Crippen molar-refractivity contribution in [1.82, 2.24) is 9.97 Å². The Morgan fingerprint density at radius 2 is 1.92 bits per heavy atom. The molecule has 24 heavy (non-hydrogen) atoms. The first-order valence-electron chi connectivity index (χ1n) is 9.04. The molecule has 4 heteroatoms. The van der Waals surface area contributed by atoms with Crippen molar-refractivity contribution in [2.45, 2.75) is 58.0 Å². The molecule has 1 fully saturated rings. The average molecular weight is 322 g/mol. The summed E-state index contributed by atoms with van der Waals surface area (Å²) in [6, 6.07) is 10.9. The molecule has 1 aliphatic heterocycles. The van der Waals surface area contributed by atoms with Gasteiger partial charge in [-0.05, 0) is 51.2 Å². The second-order valence-corrected chi connectivity index (χ2v) is 7.62. The monoisotopic (exact) mass is 322 g/mol. The fourth-order valence-electron chi connectivity index (χ4n) is 3.61. The summed E-state index contributed by atoms with van der Waals surface area (Å²) in [5.41, 5.74) is 2.92. The molecule has 0 unspecified atom stereocenters. The molecule has 2 heterocycles. The highest BCUT2D eigenvalue weighted by atomic mass is 15.3. The smallest absolute Gasteiger partial charge is 0.136 e. The van der Waals surface area contributed by atoms with Crippen molar-refractivity contribution >= 4 is 11.6 Å². The van der Waals surface area contributed by atoms with Crippen molar-refractivity contribution in [3.63, 3.8) is 0 Å². The van der Waals surface area contributed by atoms with Crippen LogP contribution in [0.4, 0.5) is 11.6 Å². The molecule has 0 radical (unpaired) electrons. The first-order chi connectivity index (χ1) is 11.6. The zero-order chi connectivity index (χ0) is 16.7. The van der Waals surface area contributed by atoms with E-state index in [0.29, 0.717) is 5.92 Å². The van der Waals surface area contributed by atoms with Crippen LogP contribution < -0.4 is 10.2 Å². The molecule has 2 aromatic rings. The third kappa shape index (κ3) is 2.85. The number of benzene rings is 1. The minimum atomic E-state index is 0.0486. The Morgan fingerprint density at radius 3 is 2.62 bits per heavy atom. The molecule has 0 bridgehead atoms. The molecule has 0 saturated heterocycles. The summed E-state index contributed by atoms with van der Waals surface area (Å²) in [4.78, 5) is 12.1. The molecule has 4 nitrogen and oxygen atoms in total. The summed E-state index contributed by atoms with van der Waals surface area (Å²) < 4.78 is 0. The van der Waals surface area contributed by atoms with Crippen LogP contribution in [0.2, 0.25) is 0 Å². The molecule has 1 aromatic heterocycles. The van der Waals surface area contributed by atoms with Crippen molar-refractivity contribution in [3.8, 4) is 0 Å². The average Bonchev–Trinajstić information content (AvgIpc) is 3.38. The lowest BCUT2D eigenvalue weighted by molar-refractivity contribution is 0.427. The highest BCUT2D eigenvalue weighted by Gasteiger charge is 2.35. The van der Waals surface area contributed by atoms with Gasteiger partial charge in [0.15, 0.2) is 0 Å². The third-order valence-corrected chi connectivity index (χ3v) is 5.11. The van der Waals surface area contributed by atoms with E-state index in [-0.39, 0.29) is 5.54 Å². The largest absolute Gasteiger partial charge is 0.370 e. The van der Waals surface area contributed by atoms with Crippen molar-refractivity contribution < 1.29 is 0 Å². The number of fused-ring (bicyclic) bond motifs is 1. The maximum absolute atomic E-state index is 4.94. The van der Waals surface area contributed by atoms with Crippen LogP contribution in [0.15, 0.2) is 30.3 Å². The summed E-state index contributed by atoms with van der Waals surface area (Å²) in [5.74, 6) is 3.59. The Morgan fingerprint density at radius 1 is 1.17 bits per heavy atom. The van der Waals surface area contributed by atoms with E-state index in [9.17, 15) is 0 Å². The fourth-order valence-corrected chi connectivity index (χ4v) is 3.61. The first-order valence-corrected chi connectivity index (χ1v) is 9.04. The molecule has 0 amide bonds. The lowest BCUT2D eigenvalue weighted by Gasteiger charge is -2.44. The van der Waals surface area contributed by atoms with E-state index in [1.165, 1.54) is 24.0 Å². The first kappa shape index (κ1) is 15.4. The van der Waals surface area contributed by atoms with Gasteiger partial charge in [-0.1, -0.05) is 24.3 Å². The Labute approximate surface area is 144 Å². The molecular weight excluding hydrogens is 296 g/mol. The number of nitrogens with zero attached hydrogens (tertiary/aromatic N) is 3. The number of rotatable bonds is 4. The quantitative estimate of drug-likeness (QED) is 0.919. The summed E-state index contributed by atoms with van der Waals surface area (Å²) in [6.45, 7) is 8.53. The van der Waals surface area contributed by atoms with Gasteiger partial charge >= 0.3 is 0 Å². The minimum Gasteiger partial charge on any atom is -0.370 e. The lowest BCUT2D eigenvalue weighted by Crippen LogP contribution is -2.49. The van der Waals surface area contributed by atoms with Gasteiger partial charge in [0.05, 0.1) is 0 Å². The van der Waals surface area contributed by atoms with Crippen LogP contribution in [0.5, 0.6) is 0 Å². The third-order valence-electron chi connectivity index (χ3n) is 5.11. The van der Waals surface area contributed by atoms with Crippen LogP contribution in [-0.2, 0) is 13.0 Å². The molecule has 1 aliphatic carbocycles. The maximum atomic E-state index is 4.94. The van der Waals surface area contributed by atoms with Gasteiger partial charge in [-0.25, -0.2) is 9.97 Å². The van der Waals surface area contributed by atoms with E-state index in [2.05, 4.69) is 61.3 Å². The van der Waals surface area contributed by atoms with E-state index in [4.69, 9.17) is 9.97 Å². The number of anilines is 2. The van der Waals surface area contributed by atoms with E-state index in [0.717, 1.165) is 37.0 Å². The van der Waals surface area contributed by atoms with Crippen LogP contribution in [0.25, 0.3) is 0 Å². The van der Waals surface area contributed by atoms with Gasteiger partial charge < -0.3 is 10.2 Å². The highest BCUT2D eigenvalue weighted by molar-refractivity contribution is 5.54. The molecule has 1 aromatic carbocycles. The second-order valence-electron chi connectivity index (χ2n) is 7.62. The molecular formula is C20H26N4. The Hall–Kier alpha value is -2.10. The van der Waals surface area contributed by atoms with Gasteiger partial charge in [0.1, 0.15) is 17.5 Å². The summed E-state index contributed by atoms with van der Waals surface area (Å²) >= 11 is 0. The zero-order valence-corrected chi connectivity index (χ0v) is 14.8. The standard InChI is InChI=1S/C20H26N4/c1-4-21-17-11-18(23-19(22-17)14-9-10-14)24-13-16-8-6-5-7-15(16)12-20(24,2)3/h5-8,11,14H,4,9-10,12-13H2,1-3H3,(H,21,22,23). The topological polar surface area (TPSA) is 41.0 Å². The van der Waals surface area contributed by atoms with Crippen molar-refractivity contribution in [3.05, 3.63) is 47.3 Å². The van der Waals surface area contributed by atoms with Crippen LogP contribution in [-0.4, -0.2) is 22.1 Å². The predicted molar refractivity (Wildman–Crippen MR) is 98.6 cm³/mol. The van der Waals surface area contributed by atoms with Gasteiger partial charge in [0, 0.05) is 30.6 Å². The Balaban J connectivity index is 1.74. The minimum absolute atomic E-state index is 0.0486. The summed E-state index contributed by atoms with van der Waals surface area (Å²) in [6.07, 6.45) is 3.49. The van der Waals surface area contributed by atoms with E-state index >= 15 is 0 Å². The van der Waals surface area contributed by atoms with Gasteiger partial charge in [-0.3, -0.25) is 0 Å². The van der Waals surface area contributed by atoms with Crippen LogP contribution in [0, 0.1) is 0 Å². The lowest BCUT2D eigenvalue weighted by atomic mass is 9.85. The molecule has 126 valence electrons. The maximum Gasteiger partial charge on any atom is 0.136 e. The van der Waals surface area contributed by atoms with E-state index in [1.807, 2.05) is 0 Å². The van der Waals surface area contributed by atoms with Gasteiger partial charge in [0.25, 0.3) is 0 Å².